The molecule has 1 aliphatic heterocycles. The zero-order valence-electron chi connectivity index (χ0n) is 12.7. The van der Waals surface area contributed by atoms with Crippen molar-refractivity contribution >= 4 is 5.91 Å². The second-order valence-electron chi connectivity index (χ2n) is 6.20. The Balaban J connectivity index is 1.61. The third-order valence-corrected chi connectivity index (χ3v) is 4.05. The predicted molar refractivity (Wildman–Crippen MR) is 78.9 cm³/mol. The number of rotatable bonds is 6. The zero-order valence-corrected chi connectivity index (χ0v) is 12.7. The first-order chi connectivity index (χ1) is 10.1. The van der Waals surface area contributed by atoms with Gasteiger partial charge in [0.25, 0.3) is 0 Å². The lowest BCUT2D eigenvalue weighted by Gasteiger charge is -2.22. The SMILES string of the molecule is CC(C)n1nccc1[C@H]1OCC[C@@H]1NC(=O)CNC1CC1. The maximum absolute atomic E-state index is 12.0. The van der Waals surface area contributed by atoms with E-state index < -0.39 is 0 Å². The van der Waals surface area contributed by atoms with Crippen LogP contribution in [0.25, 0.3) is 0 Å². The van der Waals surface area contributed by atoms with Crippen molar-refractivity contribution in [3.63, 3.8) is 0 Å². The Morgan fingerprint density at radius 3 is 3.00 bits per heavy atom. The van der Waals surface area contributed by atoms with Gasteiger partial charge in [-0.15, -0.1) is 0 Å². The first-order valence-corrected chi connectivity index (χ1v) is 7.83. The molecule has 1 saturated heterocycles. The van der Waals surface area contributed by atoms with Crippen molar-refractivity contribution in [2.45, 2.75) is 57.3 Å². The maximum atomic E-state index is 12.0. The lowest BCUT2D eigenvalue weighted by molar-refractivity contribution is -0.121. The first kappa shape index (κ1) is 14.5. The molecule has 2 aliphatic rings. The van der Waals surface area contributed by atoms with Crippen LogP contribution in [0.3, 0.4) is 0 Å². The van der Waals surface area contributed by atoms with Crippen LogP contribution in [0.1, 0.15) is 50.9 Å². The van der Waals surface area contributed by atoms with Gasteiger partial charge in [0.05, 0.1) is 18.3 Å². The Hall–Kier alpha value is -1.40. The van der Waals surface area contributed by atoms with E-state index >= 15 is 0 Å². The van der Waals surface area contributed by atoms with Gasteiger partial charge >= 0.3 is 0 Å². The number of hydrogen-bond donors (Lipinski definition) is 2. The molecular weight excluding hydrogens is 268 g/mol. The maximum Gasteiger partial charge on any atom is 0.234 e. The van der Waals surface area contributed by atoms with Gasteiger partial charge in [0.15, 0.2) is 0 Å². The van der Waals surface area contributed by atoms with Crippen LogP contribution in [-0.2, 0) is 9.53 Å². The summed E-state index contributed by atoms with van der Waals surface area (Å²) < 4.78 is 7.81. The van der Waals surface area contributed by atoms with E-state index in [-0.39, 0.29) is 24.1 Å². The molecule has 3 rings (SSSR count). The topological polar surface area (TPSA) is 68.2 Å². The van der Waals surface area contributed by atoms with Crippen molar-refractivity contribution in [2.75, 3.05) is 13.2 Å². The van der Waals surface area contributed by atoms with E-state index in [9.17, 15) is 4.79 Å². The smallest absolute Gasteiger partial charge is 0.234 e. The summed E-state index contributed by atoms with van der Waals surface area (Å²) in [6.45, 7) is 5.27. The fraction of sp³-hybridized carbons (Fsp3) is 0.733. The molecule has 116 valence electrons. The van der Waals surface area contributed by atoms with Crippen LogP contribution >= 0.6 is 0 Å². The average molecular weight is 292 g/mol. The summed E-state index contributed by atoms with van der Waals surface area (Å²) in [5.74, 6) is 0.0537. The molecule has 1 aromatic rings. The summed E-state index contributed by atoms with van der Waals surface area (Å²) in [6, 6.07) is 2.85. The number of ether oxygens (including phenoxy) is 1. The number of carbonyl (C=O) groups is 1. The minimum absolute atomic E-state index is 0.0349. The molecule has 0 spiro atoms. The van der Waals surface area contributed by atoms with E-state index in [2.05, 4.69) is 29.6 Å². The molecule has 1 saturated carbocycles. The number of aromatic nitrogens is 2. The summed E-state index contributed by atoms with van der Waals surface area (Å²) in [5.41, 5.74) is 1.04. The highest BCUT2D eigenvalue weighted by atomic mass is 16.5. The lowest BCUT2D eigenvalue weighted by atomic mass is 10.1. The summed E-state index contributed by atoms with van der Waals surface area (Å²) in [6.07, 6.45) is 4.93. The highest BCUT2D eigenvalue weighted by molar-refractivity contribution is 5.78. The number of nitrogens with zero attached hydrogens (tertiary/aromatic N) is 2. The van der Waals surface area contributed by atoms with E-state index in [1.54, 1.807) is 6.20 Å². The fourth-order valence-electron chi connectivity index (χ4n) is 2.79. The molecular formula is C15H24N4O2. The number of nitrogens with one attached hydrogen (secondary N) is 2. The van der Waals surface area contributed by atoms with E-state index in [0.717, 1.165) is 12.1 Å². The zero-order chi connectivity index (χ0) is 14.8. The largest absolute Gasteiger partial charge is 0.370 e. The Labute approximate surface area is 125 Å². The molecule has 2 heterocycles. The van der Waals surface area contributed by atoms with Crippen molar-refractivity contribution in [3.05, 3.63) is 18.0 Å². The quantitative estimate of drug-likeness (QED) is 0.825. The Bertz CT molecular complexity index is 496. The van der Waals surface area contributed by atoms with Crippen LogP contribution < -0.4 is 10.6 Å². The molecule has 0 aromatic carbocycles. The summed E-state index contributed by atoms with van der Waals surface area (Å²) in [4.78, 5) is 12.0. The van der Waals surface area contributed by atoms with Crippen molar-refractivity contribution in [3.8, 4) is 0 Å². The van der Waals surface area contributed by atoms with E-state index in [1.807, 2.05) is 10.7 Å². The van der Waals surface area contributed by atoms with Crippen LogP contribution in [0.15, 0.2) is 12.3 Å². The van der Waals surface area contributed by atoms with Crippen LogP contribution in [0, 0.1) is 0 Å². The van der Waals surface area contributed by atoms with E-state index in [0.29, 0.717) is 19.2 Å². The Kier molecular flexibility index (Phi) is 4.26. The summed E-state index contributed by atoms with van der Waals surface area (Å²) in [7, 11) is 0. The van der Waals surface area contributed by atoms with Gasteiger partial charge in [-0.3, -0.25) is 9.48 Å². The molecule has 6 heteroatoms. The van der Waals surface area contributed by atoms with Crippen LogP contribution in [0.4, 0.5) is 0 Å². The van der Waals surface area contributed by atoms with Crippen molar-refractivity contribution in [2.24, 2.45) is 0 Å². The third kappa shape index (κ3) is 3.44. The summed E-state index contributed by atoms with van der Waals surface area (Å²) in [5, 5.41) is 10.7. The van der Waals surface area contributed by atoms with E-state index in [4.69, 9.17) is 4.74 Å². The van der Waals surface area contributed by atoms with Gasteiger partial charge in [0, 0.05) is 24.9 Å². The van der Waals surface area contributed by atoms with Crippen molar-refractivity contribution in [1.29, 1.82) is 0 Å². The van der Waals surface area contributed by atoms with Gasteiger partial charge in [0.2, 0.25) is 5.91 Å². The summed E-state index contributed by atoms with van der Waals surface area (Å²) >= 11 is 0. The molecule has 0 radical (unpaired) electrons. The molecule has 21 heavy (non-hydrogen) atoms. The van der Waals surface area contributed by atoms with Gasteiger partial charge in [0.1, 0.15) is 6.10 Å². The minimum Gasteiger partial charge on any atom is -0.370 e. The van der Waals surface area contributed by atoms with Crippen molar-refractivity contribution in [1.82, 2.24) is 20.4 Å². The average Bonchev–Trinajstić information content (AvgIpc) is 2.96. The molecule has 0 bridgehead atoms. The monoisotopic (exact) mass is 292 g/mol. The molecule has 0 unspecified atom stereocenters. The molecule has 6 nitrogen and oxygen atoms in total. The fourth-order valence-corrected chi connectivity index (χ4v) is 2.79. The number of amides is 1. The second kappa shape index (κ2) is 6.15. The van der Waals surface area contributed by atoms with E-state index in [1.165, 1.54) is 12.8 Å². The van der Waals surface area contributed by atoms with Gasteiger partial charge < -0.3 is 15.4 Å². The standard InChI is InChI=1S/C15H24N4O2/c1-10(2)19-13(5-7-17-19)15-12(6-8-21-15)18-14(20)9-16-11-3-4-11/h5,7,10-12,15-16H,3-4,6,8-9H2,1-2H3,(H,18,20)/t12-,15-/m0/s1. The molecule has 2 atom stereocenters. The number of carbonyl (C=O) groups excluding carboxylic acids is 1. The first-order valence-electron chi connectivity index (χ1n) is 7.83. The highest BCUT2D eigenvalue weighted by Gasteiger charge is 2.33. The van der Waals surface area contributed by atoms with Crippen molar-refractivity contribution < 1.29 is 9.53 Å². The van der Waals surface area contributed by atoms with Gasteiger partial charge in [-0.25, -0.2) is 0 Å². The normalized spacial score (nSPS) is 25.5. The Morgan fingerprint density at radius 1 is 1.48 bits per heavy atom. The third-order valence-electron chi connectivity index (χ3n) is 4.05. The van der Waals surface area contributed by atoms with Crippen LogP contribution in [0.5, 0.6) is 0 Å². The van der Waals surface area contributed by atoms with Crippen LogP contribution in [-0.4, -0.2) is 40.9 Å². The highest BCUT2D eigenvalue weighted by Crippen LogP contribution is 2.30. The number of hydrogen-bond acceptors (Lipinski definition) is 4. The Morgan fingerprint density at radius 2 is 2.29 bits per heavy atom. The molecule has 1 amide bonds. The molecule has 2 fully saturated rings. The van der Waals surface area contributed by atoms with Crippen LogP contribution in [0.2, 0.25) is 0 Å². The second-order valence-corrected chi connectivity index (χ2v) is 6.20. The lowest BCUT2D eigenvalue weighted by Crippen LogP contribution is -2.42. The molecule has 2 N–H and O–H groups in total. The van der Waals surface area contributed by atoms with Gasteiger partial charge in [-0.2, -0.15) is 5.10 Å². The minimum atomic E-state index is -0.0974. The molecule has 1 aliphatic carbocycles. The molecule has 1 aromatic heterocycles. The van der Waals surface area contributed by atoms with Gasteiger partial charge in [-0.05, 0) is 39.2 Å². The predicted octanol–water partition coefficient (Wildman–Crippen LogP) is 1.16. The van der Waals surface area contributed by atoms with Gasteiger partial charge in [-0.1, -0.05) is 0 Å².